The Labute approximate surface area is 98.8 Å². The largest absolute Gasteiger partial charge is 0.544 e. The number of carbonyl (C=O) groups excluding carboxylic acids is 1. The monoisotopic (exact) mass is 236 g/mol. The Hall–Kier alpha value is -1.09. The molecule has 0 N–H and O–H groups in total. The highest BCUT2D eigenvalue weighted by Gasteiger charge is 2.20. The van der Waals surface area contributed by atoms with Gasteiger partial charge in [-0.15, -0.1) is 0 Å². The average molecular weight is 236 g/mol. The Kier molecular flexibility index (Phi) is 3.58. The van der Waals surface area contributed by atoms with Crippen molar-refractivity contribution < 1.29 is 9.22 Å². The summed E-state index contributed by atoms with van der Waals surface area (Å²) in [7, 11) is -1.67. The van der Waals surface area contributed by atoms with Crippen molar-refractivity contribution in [2.75, 3.05) is 0 Å². The van der Waals surface area contributed by atoms with Gasteiger partial charge in [-0.1, -0.05) is 6.07 Å². The summed E-state index contributed by atoms with van der Waals surface area (Å²) in [5.74, 6) is 0.829. The molecule has 0 aliphatic rings. The van der Waals surface area contributed by atoms with E-state index in [1.807, 2.05) is 26.0 Å². The molecule has 0 saturated heterocycles. The molecule has 0 radical (unpaired) electrons. The van der Waals surface area contributed by atoms with Gasteiger partial charge in [0.05, 0.1) is 5.56 Å². The molecule has 3 heteroatoms. The van der Waals surface area contributed by atoms with Crippen LogP contribution in [0.2, 0.25) is 19.6 Å². The van der Waals surface area contributed by atoms with Crippen molar-refractivity contribution >= 4 is 14.1 Å². The van der Waals surface area contributed by atoms with Crippen LogP contribution in [0.15, 0.2) is 12.1 Å². The summed E-state index contributed by atoms with van der Waals surface area (Å²) < 4.78 is 5.97. The average Bonchev–Trinajstić information content (AvgIpc) is 1.96. The van der Waals surface area contributed by atoms with Crippen molar-refractivity contribution in [3.63, 3.8) is 0 Å². The fraction of sp³-hybridized carbons (Fsp3) is 0.462. The van der Waals surface area contributed by atoms with Crippen molar-refractivity contribution in [3.8, 4) is 5.75 Å². The number of rotatable bonds is 3. The highest BCUT2D eigenvalue weighted by molar-refractivity contribution is 6.70. The predicted molar refractivity (Wildman–Crippen MR) is 69.9 cm³/mol. The molecule has 0 amide bonds. The maximum Gasteiger partial charge on any atom is 0.242 e. The van der Waals surface area contributed by atoms with Gasteiger partial charge in [-0.25, -0.2) is 0 Å². The molecular weight excluding hydrogens is 216 g/mol. The van der Waals surface area contributed by atoms with Gasteiger partial charge >= 0.3 is 0 Å². The van der Waals surface area contributed by atoms with Crippen LogP contribution in [0, 0.1) is 13.8 Å². The van der Waals surface area contributed by atoms with Crippen molar-refractivity contribution in [3.05, 3.63) is 28.8 Å². The molecular formula is C13H20O2Si. The molecule has 0 atom stereocenters. The van der Waals surface area contributed by atoms with Crippen LogP contribution in [0.1, 0.15) is 28.4 Å². The van der Waals surface area contributed by atoms with Gasteiger partial charge in [0.15, 0.2) is 5.78 Å². The Morgan fingerprint density at radius 3 is 2.19 bits per heavy atom. The molecule has 0 saturated carbocycles. The SMILES string of the molecule is CC(=O)c1c(C)cc(C)cc1O[Si](C)(C)C. The topological polar surface area (TPSA) is 26.3 Å². The van der Waals surface area contributed by atoms with Crippen molar-refractivity contribution in [1.82, 2.24) is 0 Å². The number of Topliss-reactive ketones (excluding diaryl/α,β-unsaturated/α-hetero) is 1. The molecule has 16 heavy (non-hydrogen) atoms. The molecule has 0 bridgehead atoms. The van der Waals surface area contributed by atoms with E-state index >= 15 is 0 Å². The fourth-order valence-corrected chi connectivity index (χ4v) is 2.61. The maximum atomic E-state index is 11.6. The maximum absolute atomic E-state index is 11.6. The summed E-state index contributed by atoms with van der Waals surface area (Å²) in [6.07, 6.45) is 0. The zero-order chi connectivity index (χ0) is 12.5. The second-order valence-electron chi connectivity index (χ2n) is 5.23. The first-order chi connectivity index (χ1) is 7.20. The summed E-state index contributed by atoms with van der Waals surface area (Å²) in [6.45, 7) is 11.9. The lowest BCUT2D eigenvalue weighted by atomic mass is 10.0. The highest BCUT2D eigenvalue weighted by atomic mass is 28.4. The van der Waals surface area contributed by atoms with E-state index in [2.05, 4.69) is 19.6 Å². The summed E-state index contributed by atoms with van der Waals surface area (Å²) in [4.78, 5) is 11.6. The first kappa shape index (κ1) is 13.0. The number of benzene rings is 1. The van der Waals surface area contributed by atoms with E-state index in [0.29, 0.717) is 0 Å². The molecule has 1 aromatic rings. The van der Waals surface area contributed by atoms with E-state index in [1.165, 1.54) is 0 Å². The van der Waals surface area contributed by atoms with Gasteiger partial charge in [-0.05, 0) is 57.6 Å². The Morgan fingerprint density at radius 2 is 1.75 bits per heavy atom. The van der Waals surface area contributed by atoms with E-state index in [4.69, 9.17) is 4.43 Å². The number of ketones is 1. The van der Waals surface area contributed by atoms with Crippen LogP contribution < -0.4 is 4.43 Å². The van der Waals surface area contributed by atoms with Gasteiger partial charge in [0.1, 0.15) is 5.75 Å². The molecule has 1 aromatic carbocycles. The summed E-state index contributed by atoms with van der Waals surface area (Å²) in [6, 6.07) is 3.98. The minimum atomic E-state index is -1.67. The Morgan fingerprint density at radius 1 is 1.19 bits per heavy atom. The van der Waals surface area contributed by atoms with E-state index in [9.17, 15) is 4.79 Å². The van der Waals surface area contributed by atoms with Crippen molar-refractivity contribution in [2.24, 2.45) is 0 Å². The number of carbonyl (C=O) groups is 1. The normalized spacial score (nSPS) is 11.4. The zero-order valence-corrected chi connectivity index (χ0v) is 12.0. The van der Waals surface area contributed by atoms with Gasteiger partial charge in [-0.3, -0.25) is 4.79 Å². The van der Waals surface area contributed by atoms with Gasteiger partial charge in [0, 0.05) is 0 Å². The van der Waals surface area contributed by atoms with Gasteiger partial charge in [0.2, 0.25) is 8.32 Å². The second-order valence-corrected chi connectivity index (χ2v) is 9.65. The molecule has 0 aromatic heterocycles. The minimum absolute atomic E-state index is 0.0748. The highest BCUT2D eigenvalue weighted by Crippen LogP contribution is 2.27. The molecule has 0 spiro atoms. The van der Waals surface area contributed by atoms with Gasteiger partial charge in [0.25, 0.3) is 0 Å². The van der Waals surface area contributed by atoms with Crippen LogP contribution in [-0.4, -0.2) is 14.1 Å². The smallest absolute Gasteiger partial charge is 0.242 e. The van der Waals surface area contributed by atoms with Crippen molar-refractivity contribution in [1.29, 1.82) is 0 Å². The van der Waals surface area contributed by atoms with Crippen LogP contribution in [-0.2, 0) is 0 Å². The van der Waals surface area contributed by atoms with E-state index in [0.717, 1.165) is 22.4 Å². The molecule has 0 heterocycles. The first-order valence-corrected chi connectivity index (χ1v) is 8.93. The van der Waals surface area contributed by atoms with Crippen LogP contribution in [0.5, 0.6) is 5.75 Å². The summed E-state index contributed by atoms with van der Waals surface area (Å²) in [5.41, 5.74) is 2.87. The molecule has 0 aliphatic carbocycles. The van der Waals surface area contributed by atoms with Crippen molar-refractivity contribution in [2.45, 2.75) is 40.4 Å². The third-order valence-electron chi connectivity index (χ3n) is 2.21. The third kappa shape index (κ3) is 3.20. The van der Waals surface area contributed by atoms with Crippen LogP contribution in [0.4, 0.5) is 0 Å². The van der Waals surface area contributed by atoms with E-state index < -0.39 is 8.32 Å². The lowest BCUT2D eigenvalue weighted by Gasteiger charge is -2.22. The minimum Gasteiger partial charge on any atom is -0.544 e. The van der Waals surface area contributed by atoms with Crippen LogP contribution in [0.25, 0.3) is 0 Å². The molecule has 0 fully saturated rings. The van der Waals surface area contributed by atoms with Gasteiger partial charge in [-0.2, -0.15) is 0 Å². The van der Waals surface area contributed by atoms with E-state index in [1.54, 1.807) is 6.92 Å². The molecule has 88 valence electrons. The fourth-order valence-electron chi connectivity index (χ4n) is 1.79. The zero-order valence-electron chi connectivity index (χ0n) is 11.0. The van der Waals surface area contributed by atoms with Gasteiger partial charge < -0.3 is 4.43 Å². The first-order valence-electron chi connectivity index (χ1n) is 5.52. The summed E-state index contributed by atoms with van der Waals surface area (Å²) in [5, 5.41) is 0. The standard InChI is InChI=1S/C13H20O2Si/c1-9-7-10(2)13(11(3)14)12(8-9)15-16(4,5)6/h7-8H,1-6H3. The predicted octanol–water partition coefficient (Wildman–Crippen LogP) is 3.72. The molecule has 1 rings (SSSR count). The summed E-state index contributed by atoms with van der Waals surface area (Å²) >= 11 is 0. The molecule has 0 aliphatic heterocycles. The lowest BCUT2D eigenvalue weighted by molar-refractivity contribution is 0.101. The van der Waals surface area contributed by atoms with Crippen LogP contribution in [0.3, 0.4) is 0 Å². The number of aryl methyl sites for hydroxylation is 2. The molecule has 0 unspecified atom stereocenters. The van der Waals surface area contributed by atoms with E-state index in [-0.39, 0.29) is 5.78 Å². The molecule has 2 nitrogen and oxygen atoms in total. The lowest BCUT2D eigenvalue weighted by Crippen LogP contribution is -2.30. The number of hydrogen-bond acceptors (Lipinski definition) is 2. The Bertz CT molecular complexity index is 417. The third-order valence-corrected chi connectivity index (χ3v) is 3.04. The van der Waals surface area contributed by atoms with Crippen LogP contribution >= 0.6 is 0 Å². The Balaban J connectivity index is 3.30. The second kappa shape index (κ2) is 4.42. The quantitative estimate of drug-likeness (QED) is 0.590. The number of hydrogen-bond donors (Lipinski definition) is 0.